The highest BCUT2D eigenvalue weighted by Crippen LogP contribution is 2.15. The van der Waals surface area contributed by atoms with E-state index in [1.807, 2.05) is 6.92 Å². The molecule has 5 nitrogen and oxygen atoms in total. The van der Waals surface area contributed by atoms with E-state index in [2.05, 4.69) is 16.7 Å². The number of amides is 1. The molecule has 96 valence electrons. The lowest BCUT2D eigenvalue weighted by atomic mass is 9.95. The summed E-state index contributed by atoms with van der Waals surface area (Å²) in [6, 6.07) is 2.25. The van der Waals surface area contributed by atoms with E-state index in [0.717, 1.165) is 6.54 Å². The van der Waals surface area contributed by atoms with Crippen LogP contribution in [0.25, 0.3) is 0 Å². The third kappa shape index (κ3) is 3.99. The normalized spacial score (nSPS) is 24.4. The molecule has 0 aromatic heterocycles. The molecule has 2 unspecified atom stereocenters. The van der Waals surface area contributed by atoms with Crippen LogP contribution in [0.5, 0.6) is 0 Å². The molecular formula is C12H21N3O2. The van der Waals surface area contributed by atoms with E-state index in [-0.39, 0.29) is 17.9 Å². The maximum atomic E-state index is 12.0. The SMILES string of the molecule is CCNC1COCC1C(=O)NCC(C)(C)C#N. The second-order valence-electron chi connectivity index (χ2n) is 5.02. The highest BCUT2D eigenvalue weighted by molar-refractivity contribution is 5.80. The quantitative estimate of drug-likeness (QED) is 0.722. The van der Waals surface area contributed by atoms with Gasteiger partial charge >= 0.3 is 0 Å². The molecule has 0 aromatic rings. The molecule has 1 rings (SSSR count). The Balaban J connectivity index is 2.45. The Hall–Kier alpha value is -1.12. The molecule has 2 atom stereocenters. The molecule has 5 heteroatoms. The topological polar surface area (TPSA) is 74.2 Å². The van der Waals surface area contributed by atoms with Crippen LogP contribution in [0.3, 0.4) is 0 Å². The third-order valence-corrected chi connectivity index (χ3v) is 2.89. The van der Waals surface area contributed by atoms with Gasteiger partial charge in [0, 0.05) is 12.6 Å². The molecule has 1 aliphatic rings. The van der Waals surface area contributed by atoms with Crippen molar-refractivity contribution < 1.29 is 9.53 Å². The van der Waals surface area contributed by atoms with E-state index >= 15 is 0 Å². The van der Waals surface area contributed by atoms with Crippen LogP contribution in [0.4, 0.5) is 0 Å². The minimum atomic E-state index is -0.525. The Morgan fingerprint density at radius 2 is 2.24 bits per heavy atom. The molecule has 1 saturated heterocycles. The van der Waals surface area contributed by atoms with Gasteiger partial charge in [0.2, 0.25) is 5.91 Å². The molecule has 0 radical (unpaired) electrons. The van der Waals surface area contributed by atoms with Crippen LogP contribution >= 0.6 is 0 Å². The lowest BCUT2D eigenvalue weighted by Crippen LogP contribution is -2.45. The highest BCUT2D eigenvalue weighted by atomic mass is 16.5. The fraction of sp³-hybridized carbons (Fsp3) is 0.833. The Labute approximate surface area is 103 Å². The molecule has 0 aliphatic carbocycles. The maximum absolute atomic E-state index is 12.0. The molecule has 0 aromatic carbocycles. The fourth-order valence-electron chi connectivity index (χ4n) is 1.75. The van der Waals surface area contributed by atoms with Crippen LogP contribution in [0.2, 0.25) is 0 Å². The molecule has 0 bridgehead atoms. The predicted octanol–water partition coefficient (Wildman–Crippen LogP) is 0.277. The fourth-order valence-corrected chi connectivity index (χ4v) is 1.75. The molecule has 2 N–H and O–H groups in total. The molecule has 1 fully saturated rings. The highest BCUT2D eigenvalue weighted by Gasteiger charge is 2.33. The Kier molecular flexibility index (Phi) is 4.91. The van der Waals surface area contributed by atoms with Crippen LogP contribution in [0.15, 0.2) is 0 Å². The minimum Gasteiger partial charge on any atom is -0.379 e. The zero-order chi connectivity index (χ0) is 12.9. The first-order valence-corrected chi connectivity index (χ1v) is 6.00. The number of likely N-dealkylation sites (N-methyl/N-ethyl adjacent to an activating group) is 1. The summed E-state index contributed by atoms with van der Waals surface area (Å²) >= 11 is 0. The van der Waals surface area contributed by atoms with Crippen molar-refractivity contribution >= 4 is 5.91 Å². The van der Waals surface area contributed by atoms with E-state index in [1.54, 1.807) is 13.8 Å². The number of nitriles is 1. The van der Waals surface area contributed by atoms with Gasteiger partial charge in [-0.3, -0.25) is 4.79 Å². The number of hydrogen-bond donors (Lipinski definition) is 2. The number of rotatable bonds is 5. The first kappa shape index (κ1) is 13.9. The average Bonchev–Trinajstić information content (AvgIpc) is 2.75. The van der Waals surface area contributed by atoms with Crippen molar-refractivity contribution in [3.05, 3.63) is 0 Å². The standard InChI is InChI=1S/C12H21N3O2/c1-4-14-10-6-17-5-9(10)11(16)15-8-12(2,3)7-13/h9-10,14H,4-6,8H2,1-3H3,(H,15,16). The van der Waals surface area contributed by atoms with Gasteiger partial charge in [-0.2, -0.15) is 5.26 Å². The number of carbonyl (C=O) groups is 1. The average molecular weight is 239 g/mol. The third-order valence-electron chi connectivity index (χ3n) is 2.89. The summed E-state index contributed by atoms with van der Waals surface area (Å²) in [7, 11) is 0. The van der Waals surface area contributed by atoms with Crippen LogP contribution in [0, 0.1) is 22.7 Å². The lowest BCUT2D eigenvalue weighted by molar-refractivity contribution is -0.125. The van der Waals surface area contributed by atoms with Gasteiger partial charge in [-0.1, -0.05) is 6.92 Å². The number of nitrogens with one attached hydrogen (secondary N) is 2. The second kappa shape index (κ2) is 5.99. The number of hydrogen-bond acceptors (Lipinski definition) is 4. The number of nitrogens with zero attached hydrogens (tertiary/aromatic N) is 1. The van der Waals surface area contributed by atoms with E-state index < -0.39 is 5.41 Å². The van der Waals surface area contributed by atoms with Gasteiger partial charge in [0.15, 0.2) is 0 Å². The Morgan fingerprint density at radius 3 is 2.82 bits per heavy atom. The van der Waals surface area contributed by atoms with Crippen molar-refractivity contribution in [3.8, 4) is 6.07 Å². The summed E-state index contributed by atoms with van der Waals surface area (Å²) in [5.74, 6) is -0.179. The molecule has 1 aliphatic heterocycles. The summed E-state index contributed by atoms with van der Waals surface area (Å²) in [6.45, 7) is 7.84. The molecule has 0 saturated carbocycles. The van der Waals surface area contributed by atoms with Gasteiger partial charge in [0.05, 0.1) is 30.6 Å². The van der Waals surface area contributed by atoms with Crippen molar-refractivity contribution in [3.63, 3.8) is 0 Å². The molecule has 1 heterocycles. The predicted molar refractivity (Wildman–Crippen MR) is 64.2 cm³/mol. The van der Waals surface area contributed by atoms with Crippen molar-refractivity contribution in [2.75, 3.05) is 26.3 Å². The van der Waals surface area contributed by atoms with Crippen LogP contribution in [-0.4, -0.2) is 38.3 Å². The van der Waals surface area contributed by atoms with Gasteiger partial charge in [-0.05, 0) is 20.4 Å². The Morgan fingerprint density at radius 1 is 1.53 bits per heavy atom. The molecule has 17 heavy (non-hydrogen) atoms. The minimum absolute atomic E-state index is 0.0308. The summed E-state index contributed by atoms with van der Waals surface area (Å²) in [5, 5.41) is 14.9. The zero-order valence-electron chi connectivity index (χ0n) is 10.7. The summed E-state index contributed by atoms with van der Waals surface area (Å²) < 4.78 is 5.31. The van der Waals surface area contributed by atoms with Crippen molar-refractivity contribution in [1.82, 2.24) is 10.6 Å². The summed E-state index contributed by atoms with van der Waals surface area (Å²) in [4.78, 5) is 12.0. The van der Waals surface area contributed by atoms with Gasteiger partial charge < -0.3 is 15.4 Å². The van der Waals surface area contributed by atoms with Crippen molar-refractivity contribution in [1.29, 1.82) is 5.26 Å². The summed E-state index contributed by atoms with van der Waals surface area (Å²) in [5.41, 5.74) is -0.525. The number of carbonyl (C=O) groups excluding carboxylic acids is 1. The largest absolute Gasteiger partial charge is 0.379 e. The van der Waals surface area contributed by atoms with Crippen molar-refractivity contribution in [2.24, 2.45) is 11.3 Å². The molecular weight excluding hydrogens is 218 g/mol. The maximum Gasteiger partial charge on any atom is 0.227 e. The van der Waals surface area contributed by atoms with Gasteiger partial charge in [0.25, 0.3) is 0 Å². The first-order valence-electron chi connectivity index (χ1n) is 6.00. The molecule has 1 amide bonds. The van der Waals surface area contributed by atoms with Gasteiger partial charge in [-0.15, -0.1) is 0 Å². The summed E-state index contributed by atoms with van der Waals surface area (Å²) in [6.07, 6.45) is 0. The molecule has 0 spiro atoms. The first-order chi connectivity index (χ1) is 8.00. The lowest BCUT2D eigenvalue weighted by Gasteiger charge is -2.21. The monoisotopic (exact) mass is 239 g/mol. The van der Waals surface area contributed by atoms with E-state index in [9.17, 15) is 4.79 Å². The van der Waals surface area contributed by atoms with Gasteiger partial charge in [-0.25, -0.2) is 0 Å². The van der Waals surface area contributed by atoms with E-state index in [1.165, 1.54) is 0 Å². The van der Waals surface area contributed by atoms with Crippen LogP contribution < -0.4 is 10.6 Å². The van der Waals surface area contributed by atoms with Crippen LogP contribution in [-0.2, 0) is 9.53 Å². The smallest absolute Gasteiger partial charge is 0.227 e. The second-order valence-corrected chi connectivity index (χ2v) is 5.02. The number of ether oxygens (including phenoxy) is 1. The van der Waals surface area contributed by atoms with Gasteiger partial charge in [0.1, 0.15) is 0 Å². The van der Waals surface area contributed by atoms with Crippen molar-refractivity contribution in [2.45, 2.75) is 26.8 Å². The van der Waals surface area contributed by atoms with E-state index in [0.29, 0.717) is 19.8 Å². The zero-order valence-corrected chi connectivity index (χ0v) is 10.7. The van der Waals surface area contributed by atoms with E-state index in [4.69, 9.17) is 10.00 Å². The van der Waals surface area contributed by atoms with Crippen LogP contribution in [0.1, 0.15) is 20.8 Å². The Bertz CT molecular complexity index is 309.